The minimum atomic E-state index is -1.37. The van der Waals surface area contributed by atoms with Crippen molar-refractivity contribution in [2.45, 2.75) is 16.8 Å². The highest BCUT2D eigenvalue weighted by atomic mass is 35.5. The Morgan fingerprint density at radius 1 is 0.886 bits per heavy atom. The van der Waals surface area contributed by atoms with Crippen LogP contribution in [0.2, 0.25) is 15.1 Å². The first-order valence-electron chi connectivity index (χ1n) is 10.1. The van der Waals surface area contributed by atoms with Crippen molar-refractivity contribution in [1.29, 1.82) is 0 Å². The van der Waals surface area contributed by atoms with E-state index in [1.54, 1.807) is 18.2 Å². The number of nitrogens with one attached hydrogen (secondary N) is 2. The van der Waals surface area contributed by atoms with E-state index < -0.39 is 39.6 Å². The zero-order valence-electron chi connectivity index (χ0n) is 17.5. The van der Waals surface area contributed by atoms with E-state index >= 15 is 0 Å². The maximum Gasteiger partial charge on any atom is 0.253 e. The van der Waals surface area contributed by atoms with Gasteiger partial charge in [-0.05, 0) is 59.7 Å². The maximum atomic E-state index is 13.4. The van der Waals surface area contributed by atoms with Crippen molar-refractivity contribution in [2.24, 2.45) is 5.92 Å². The molecule has 4 nitrogen and oxygen atoms in total. The van der Waals surface area contributed by atoms with Gasteiger partial charge in [-0.2, -0.15) is 0 Å². The van der Waals surface area contributed by atoms with Crippen LogP contribution in [-0.4, -0.2) is 16.1 Å². The third kappa shape index (κ3) is 5.68. The summed E-state index contributed by atoms with van der Waals surface area (Å²) in [7, 11) is 0. The third-order valence-electron chi connectivity index (χ3n) is 5.50. The van der Waals surface area contributed by atoms with Crippen LogP contribution >= 0.6 is 58.0 Å². The lowest BCUT2D eigenvalue weighted by atomic mass is 10.1. The summed E-state index contributed by atoms with van der Waals surface area (Å²) >= 11 is 31.0. The van der Waals surface area contributed by atoms with Gasteiger partial charge < -0.3 is 10.6 Å². The molecule has 0 heterocycles. The molecule has 1 aliphatic rings. The van der Waals surface area contributed by atoms with Crippen molar-refractivity contribution in [3.63, 3.8) is 0 Å². The monoisotopic (exact) mass is 576 g/mol. The van der Waals surface area contributed by atoms with Gasteiger partial charge in [0.25, 0.3) is 5.91 Å². The number of halogens is 7. The number of anilines is 1. The Kier molecular flexibility index (Phi) is 7.51. The molecule has 0 saturated heterocycles. The van der Waals surface area contributed by atoms with Gasteiger partial charge in [-0.15, -0.1) is 23.2 Å². The van der Waals surface area contributed by atoms with Gasteiger partial charge >= 0.3 is 0 Å². The van der Waals surface area contributed by atoms with Gasteiger partial charge in [-0.3, -0.25) is 9.59 Å². The number of benzene rings is 3. The van der Waals surface area contributed by atoms with E-state index in [-0.39, 0.29) is 22.8 Å². The molecule has 182 valence electrons. The lowest BCUT2D eigenvalue weighted by Crippen LogP contribution is -2.24. The highest BCUT2D eigenvalue weighted by Crippen LogP contribution is 2.65. The first-order valence-corrected chi connectivity index (χ1v) is 12.0. The lowest BCUT2D eigenvalue weighted by molar-refractivity contribution is -0.117. The molecule has 3 aromatic rings. The number of rotatable bonds is 6. The van der Waals surface area contributed by atoms with Gasteiger partial charge in [0.1, 0.15) is 4.33 Å². The number of hydrogen-bond acceptors (Lipinski definition) is 2. The Labute approximate surface area is 224 Å². The van der Waals surface area contributed by atoms with Crippen LogP contribution in [0, 0.1) is 17.6 Å². The maximum absolute atomic E-state index is 13.4. The van der Waals surface area contributed by atoms with Gasteiger partial charge in [0.05, 0.1) is 16.5 Å². The average molecular weight is 579 g/mol. The highest BCUT2D eigenvalue weighted by Gasteiger charge is 2.67. The van der Waals surface area contributed by atoms with E-state index in [1.807, 2.05) is 0 Å². The summed E-state index contributed by atoms with van der Waals surface area (Å²) < 4.78 is 25.1. The predicted molar refractivity (Wildman–Crippen MR) is 135 cm³/mol. The molecule has 0 spiro atoms. The molecular formula is C24H15Cl5F2N2O2. The summed E-state index contributed by atoms with van der Waals surface area (Å²) in [5.74, 6) is -4.37. The summed E-state index contributed by atoms with van der Waals surface area (Å²) in [6.45, 7) is -0.0596. The number of alkyl halides is 2. The average Bonchev–Trinajstić information content (AvgIpc) is 3.37. The summed E-state index contributed by atoms with van der Waals surface area (Å²) in [4.78, 5) is 25.6. The normalized spacial score (nSPS) is 18.1. The molecule has 1 fully saturated rings. The fraction of sp³-hybridized carbons (Fsp3) is 0.167. The zero-order chi connectivity index (χ0) is 25.5. The number of carbonyl (C=O) groups excluding carboxylic acids is 2. The van der Waals surface area contributed by atoms with E-state index in [0.29, 0.717) is 21.2 Å². The van der Waals surface area contributed by atoms with Crippen molar-refractivity contribution in [3.05, 3.63) is 98.0 Å². The highest BCUT2D eigenvalue weighted by molar-refractivity contribution is 6.53. The van der Waals surface area contributed by atoms with E-state index in [9.17, 15) is 18.4 Å². The van der Waals surface area contributed by atoms with Gasteiger partial charge in [-0.1, -0.05) is 40.9 Å². The number of hydrogen-bond donors (Lipinski definition) is 2. The van der Waals surface area contributed by atoms with Crippen molar-refractivity contribution in [2.75, 3.05) is 5.32 Å². The predicted octanol–water partition coefficient (Wildman–Crippen LogP) is 7.38. The molecule has 35 heavy (non-hydrogen) atoms. The van der Waals surface area contributed by atoms with Crippen LogP contribution in [0.15, 0.2) is 54.6 Å². The van der Waals surface area contributed by atoms with Crippen LogP contribution in [0.3, 0.4) is 0 Å². The van der Waals surface area contributed by atoms with Crippen molar-refractivity contribution in [1.82, 2.24) is 5.32 Å². The molecule has 11 heteroatoms. The van der Waals surface area contributed by atoms with Crippen LogP contribution < -0.4 is 10.6 Å². The lowest BCUT2D eigenvalue weighted by Gasteiger charge is -2.10. The molecule has 4 rings (SSSR count). The molecule has 2 atom stereocenters. The van der Waals surface area contributed by atoms with E-state index in [1.165, 1.54) is 24.3 Å². The molecule has 0 aliphatic heterocycles. The number of amides is 2. The second-order valence-electron chi connectivity index (χ2n) is 7.95. The van der Waals surface area contributed by atoms with Crippen LogP contribution in [-0.2, 0) is 11.3 Å². The Bertz CT molecular complexity index is 1320. The fourth-order valence-corrected chi connectivity index (χ4v) is 5.32. The summed E-state index contributed by atoms with van der Waals surface area (Å²) in [5.41, 5.74) is 1.35. The minimum Gasteiger partial charge on any atom is -0.348 e. The molecule has 3 aromatic carbocycles. The third-order valence-corrected chi connectivity index (χ3v) is 7.20. The van der Waals surface area contributed by atoms with Crippen LogP contribution in [0.5, 0.6) is 0 Å². The second kappa shape index (κ2) is 10.1. The van der Waals surface area contributed by atoms with Crippen molar-refractivity contribution >= 4 is 75.5 Å². The van der Waals surface area contributed by atoms with Crippen LogP contribution in [0.4, 0.5) is 14.5 Å². The Morgan fingerprint density at radius 2 is 1.57 bits per heavy atom. The first kappa shape index (κ1) is 26.0. The molecule has 0 radical (unpaired) electrons. The molecule has 1 saturated carbocycles. The summed E-state index contributed by atoms with van der Waals surface area (Å²) in [5, 5.41) is 6.18. The fourth-order valence-electron chi connectivity index (χ4n) is 3.75. The first-order chi connectivity index (χ1) is 16.5. The molecule has 0 aromatic heterocycles. The largest absolute Gasteiger partial charge is 0.348 e. The molecule has 1 aliphatic carbocycles. The Hall–Kier alpha value is -2.09. The second-order valence-corrected chi connectivity index (χ2v) is 10.7. The summed E-state index contributed by atoms with van der Waals surface area (Å²) in [6.07, 6.45) is 0. The Balaban J connectivity index is 1.46. The number of carbonyl (C=O) groups is 2. The smallest absolute Gasteiger partial charge is 0.253 e. The molecular weight excluding hydrogens is 564 g/mol. The minimum absolute atomic E-state index is 0.0596. The summed E-state index contributed by atoms with van der Waals surface area (Å²) in [6, 6.07) is 12.5. The van der Waals surface area contributed by atoms with Crippen LogP contribution in [0.1, 0.15) is 27.4 Å². The van der Waals surface area contributed by atoms with Crippen LogP contribution in [0.25, 0.3) is 0 Å². The zero-order valence-corrected chi connectivity index (χ0v) is 21.3. The quantitative estimate of drug-likeness (QED) is 0.300. The molecule has 2 amide bonds. The van der Waals surface area contributed by atoms with Gasteiger partial charge in [0, 0.05) is 28.2 Å². The van der Waals surface area contributed by atoms with Crippen molar-refractivity contribution in [3.8, 4) is 0 Å². The molecule has 0 unspecified atom stereocenters. The van der Waals surface area contributed by atoms with Crippen molar-refractivity contribution < 1.29 is 18.4 Å². The van der Waals surface area contributed by atoms with Gasteiger partial charge in [-0.25, -0.2) is 8.78 Å². The van der Waals surface area contributed by atoms with Gasteiger partial charge in [0.15, 0.2) is 11.6 Å². The van der Waals surface area contributed by atoms with E-state index in [2.05, 4.69) is 10.6 Å². The topological polar surface area (TPSA) is 58.2 Å². The molecule has 0 bridgehead atoms. The van der Waals surface area contributed by atoms with E-state index in [0.717, 1.165) is 12.1 Å². The standard InChI is InChI=1S/C24H15Cl5F2N2O2/c25-13-6-12(7-14(26)8-13)20-21(24(20,28)29)23(35)33-15-2-3-17(27)16(9-15)22(34)32-10-11-1-4-18(30)19(31)5-11/h1-9,20-21H,10H2,(H,32,34)(H,33,35)/t20-,21+/m0/s1. The molecule has 2 N–H and O–H groups in total. The SMILES string of the molecule is O=C(NCc1ccc(F)c(F)c1)c1cc(NC(=O)[C@H]2[C@H](c3cc(Cl)cc(Cl)c3)C2(Cl)Cl)ccc1Cl. The van der Waals surface area contributed by atoms with Gasteiger partial charge in [0.2, 0.25) is 5.91 Å². The Morgan fingerprint density at radius 3 is 2.23 bits per heavy atom. The van der Waals surface area contributed by atoms with E-state index in [4.69, 9.17) is 58.0 Å².